The maximum atomic E-state index is 6.24. The van der Waals surface area contributed by atoms with Crippen LogP contribution in [0, 0.1) is 13.8 Å². The summed E-state index contributed by atoms with van der Waals surface area (Å²) in [5.41, 5.74) is 10.3. The highest BCUT2D eigenvalue weighted by Crippen LogP contribution is 2.24. The molecule has 84 valence electrons. The molecule has 0 saturated carbocycles. The fraction of sp³-hybridized carbons (Fsp3) is 0.571. The lowest BCUT2D eigenvalue weighted by Gasteiger charge is -2.17. The molecular weight excluding hydrogens is 182 g/mol. The number of nitrogens with two attached hydrogens (primary N) is 1. The topological polar surface area (TPSA) is 26.0 Å². The molecule has 0 unspecified atom stereocenters. The van der Waals surface area contributed by atoms with Crippen molar-refractivity contribution in [1.82, 2.24) is 0 Å². The minimum Gasteiger partial charge on any atom is -0.324 e. The van der Waals surface area contributed by atoms with Crippen LogP contribution < -0.4 is 5.73 Å². The van der Waals surface area contributed by atoms with Gasteiger partial charge < -0.3 is 5.73 Å². The molecule has 2 N–H and O–H groups in total. The Balaban J connectivity index is 2.68. The van der Waals surface area contributed by atoms with Crippen LogP contribution in [0.5, 0.6) is 0 Å². The summed E-state index contributed by atoms with van der Waals surface area (Å²) in [6, 6.07) is 6.63. The molecule has 0 fully saturated rings. The standard InChI is InChI=1S/C14H23N/c1-4-5-6-10-13(15)14-11(2)8-7-9-12(14)3/h7-9,13H,4-6,10,15H2,1-3H3/t13-/m1/s1. The number of rotatable bonds is 5. The number of hydrogen-bond donors (Lipinski definition) is 1. The molecular formula is C14H23N. The van der Waals surface area contributed by atoms with Gasteiger partial charge in [-0.1, -0.05) is 44.4 Å². The summed E-state index contributed by atoms with van der Waals surface area (Å²) in [6.45, 7) is 6.54. The zero-order valence-corrected chi connectivity index (χ0v) is 10.2. The third-order valence-electron chi connectivity index (χ3n) is 3.03. The first-order chi connectivity index (χ1) is 7.16. The first-order valence-electron chi connectivity index (χ1n) is 5.98. The lowest BCUT2D eigenvalue weighted by molar-refractivity contribution is 0.577. The van der Waals surface area contributed by atoms with E-state index in [1.807, 2.05) is 0 Å². The van der Waals surface area contributed by atoms with Gasteiger partial charge in [-0.2, -0.15) is 0 Å². The smallest absolute Gasteiger partial charge is 0.0300 e. The predicted octanol–water partition coefficient (Wildman–Crippen LogP) is 3.88. The van der Waals surface area contributed by atoms with E-state index < -0.39 is 0 Å². The summed E-state index contributed by atoms with van der Waals surface area (Å²) in [4.78, 5) is 0. The second-order valence-corrected chi connectivity index (χ2v) is 4.41. The number of hydrogen-bond acceptors (Lipinski definition) is 1. The van der Waals surface area contributed by atoms with Crippen molar-refractivity contribution in [2.24, 2.45) is 5.73 Å². The summed E-state index contributed by atoms with van der Waals surface area (Å²) in [7, 11) is 0. The zero-order valence-electron chi connectivity index (χ0n) is 10.2. The van der Waals surface area contributed by atoms with Crippen LogP contribution in [0.15, 0.2) is 18.2 Å². The molecule has 0 spiro atoms. The first kappa shape index (κ1) is 12.3. The van der Waals surface area contributed by atoms with Crippen molar-refractivity contribution < 1.29 is 0 Å². The normalized spacial score (nSPS) is 12.8. The number of benzene rings is 1. The SMILES string of the molecule is CCCCC[C@@H](N)c1c(C)cccc1C. The van der Waals surface area contributed by atoms with Crippen LogP contribution in [0.3, 0.4) is 0 Å². The van der Waals surface area contributed by atoms with E-state index in [1.54, 1.807) is 0 Å². The van der Waals surface area contributed by atoms with E-state index in [2.05, 4.69) is 39.0 Å². The molecule has 0 aromatic heterocycles. The Kier molecular flexibility index (Phi) is 4.83. The van der Waals surface area contributed by atoms with Crippen molar-refractivity contribution >= 4 is 0 Å². The first-order valence-corrected chi connectivity index (χ1v) is 5.98. The van der Waals surface area contributed by atoms with Crippen molar-refractivity contribution in [1.29, 1.82) is 0 Å². The quantitative estimate of drug-likeness (QED) is 0.725. The minimum absolute atomic E-state index is 0.220. The zero-order chi connectivity index (χ0) is 11.3. The highest BCUT2D eigenvalue weighted by Gasteiger charge is 2.10. The molecule has 0 aliphatic carbocycles. The molecule has 1 aromatic carbocycles. The largest absolute Gasteiger partial charge is 0.324 e. The average molecular weight is 205 g/mol. The molecule has 0 aliphatic heterocycles. The Bertz CT molecular complexity index is 284. The molecule has 0 amide bonds. The van der Waals surface area contributed by atoms with E-state index in [4.69, 9.17) is 5.73 Å². The van der Waals surface area contributed by atoms with Gasteiger partial charge in [0.2, 0.25) is 0 Å². The van der Waals surface area contributed by atoms with Crippen LogP contribution >= 0.6 is 0 Å². The van der Waals surface area contributed by atoms with Crippen LogP contribution in [0.2, 0.25) is 0 Å². The third kappa shape index (κ3) is 3.35. The Morgan fingerprint density at radius 1 is 1.13 bits per heavy atom. The van der Waals surface area contributed by atoms with Gasteiger partial charge in [-0.25, -0.2) is 0 Å². The van der Waals surface area contributed by atoms with Gasteiger partial charge in [-0.05, 0) is 37.0 Å². The Labute approximate surface area is 93.7 Å². The van der Waals surface area contributed by atoms with Crippen molar-refractivity contribution in [2.45, 2.75) is 52.5 Å². The molecule has 1 aromatic rings. The van der Waals surface area contributed by atoms with E-state index in [0.717, 1.165) is 6.42 Å². The van der Waals surface area contributed by atoms with Gasteiger partial charge in [0.05, 0.1) is 0 Å². The van der Waals surface area contributed by atoms with Crippen molar-refractivity contribution in [3.8, 4) is 0 Å². The molecule has 15 heavy (non-hydrogen) atoms. The van der Waals surface area contributed by atoms with E-state index in [9.17, 15) is 0 Å². The average Bonchev–Trinajstić information content (AvgIpc) is 2.18. The van der Waals surface area contributed by atoms with Crippen LogP contribution in [0.4, 0.5) is 0 Å². The Morgan fingerprint density at radius 2 is 1.73 bits per heavy atom. The molecule has 1 nitrogen and oxygen atoms in total. The highest BCUT2D eigenvalue weighted by atomic mass is 14.6. The predicted molar refractivity (Wildman–Crippen MR) is 67.0 cm³/mol. The van der Waals surface area contributed by atoms with Crippen LogP contribution in [-0.2, 0) is 0 Å². The minimum atomic E-state index is 0.220. The van der Waals surface area contributed by atoms with Crippen LogP contribution in [0.25, 0.3) is 0 Å². The Hall–Kier alpha value is -0.820. The molecule has 0 aliphatic rings. The van der Waals surface area contributed by atoms with Gasteiger partial charge in [0.25, 0.3) is 0 Å². The summed E-state index contributed by atoms with van der Waals surface area (Å²) < 4.78 is 0. The fourth-order valence-corrected chi connectivity index (χ4v) is 2.17. The summed E-state index contributed by atoms with van der Waals surface area (Å²) in [5.74, 6) is 0. The molecule has 0 bridgehead atoms. The molecule has 0 radical (unpaired) electrons. The monoisotopic (exact) mass is 205 g/mol. The third-order valence-corrected chi connectivity index (χ3v) is 3.03. The van der Waals surface area contributed by atoms with Gasteiger partial charge in [-0.15, -0.1) is 0 Å². The van der Waals surface area contributed by atoms with Crippen molar-refractivity contribution in [3.63, 3.8) is 0 Å². The lowest BCUT2D eigenvalue weighted by Crippen LogP contribution is -2.13. The molecule has 1 heteroatoms. The maximum Gasteiger partial charge on any atom is 0.0300 e. The number of unbranched alkanes of at least 4 members (excludes halogenated alkanes) is 2. The van der Waals surface area contributed by atoms with Gasteiger partial charge in [0.15, 0.2) is 0 Å². The van der Waals surface area contributed by atoms with E-state index >= 15 is 0 Å². The van der Waals surface area contributed by atoms with Gasteiger partial charge >= 0.3 is 0 Å². The summed E-state index contributed by atoms with van der Waals surface area (Å²) >= 11 is 0. The van der Waals surface area contributed by atoms with Crippen LogP contribution in [-0.4, -0.2) is 0 Å². The molecule has 0 saturated heterocycles. The second kappa shape index (κ2) is 5.92. The fourth-order valence-electron chi connectivity index (χ4n) is 2.17. The highest BCUT2D eigenvalue weighted by molar-refractivity contribution is 5.35. The second-order valence-electron chi connectivity index (χ2n) is 4.41. The van der Waals surface area contributed by atoms with Crippen molar-refractivity contribution in [2.75, 3.05) is 0 Å². The lowest BCUT2D eigenvalue weighted by atomic mass is 9.93. The summed E-state index contributed by atoms with van der Waals surface area (Å²) in [5, 5.41) is 0. The van der Waals surface area contributed by atoms with Crippen LogP contribution in [0.1, 0.15) is 55.3 Å². The Morgan fingerprint density at radius 3 is 2.27 bits per heavy atom. The molecule has 0 heterocycles. The molecule has 1 rings (SSSR count). The van der Waals surface area contributed by atoms with Gasteiger partial charge in [0.1, 0.15) is 0 Å². The van der Waals surface area contributed by atoms with Gasteiger partial charge in [-0.3, -0.25) is 0 Å². The van der Waals surface area contributed by atoms with E-state index in [-0.39, 0.29) is 6.04 Å². The van der Waals surface area contributed by atoms with Gasteiger partial charge in [0, 0.05) is 6.04 Å². The number of aryl methyl sites for hydroxylation is 2. The summed E-state index contributed by atoms with van der Waals surface area (Å²) in [6.07, 6.45) is 4.91. The van der Waals surface area contributed by atoms with E-state index in [0.29, 0.717) is 0 Å². The van der Waals surface area contributed by atoms with Crippen molar-refractivity contribution in [3.05, 3.63) is 34.9 Å². The molecule has 1 atom stereocenters. The maximum absolute atomic E-state index is 6.24. The van der Waals surface area contributed by atoms with E-state index in [1.165, 1.54) is 36.0 Å².